The largest absolute Gasteiger partial charge is 0.457 e. The molecule has 2 rings (SSSR count). The predicted octanol–water partition coefficient (Wildman–Crippen LogP) is 3.54. The maximum absolute atomic E-state index is 12.8. The molecule has 1 aromatic carbocycles. The molecule has 0 radical (unpaired) electrons. The zero-order valence-corrected chi connectivity index (χ0v) is 16.6. The van der Waals surface area contributed by atoms with Crippen molar-refractivity contribution in [2.45, 2.75) is 32.2 Å². The van der Waals surface area contributed by atoms with Gasteiger partial charge in [0.25, 0.3) is 5.79 Å². The highest BCUT2D eigenvalue weighted by Crippen LogP contribution is 2.39. The van der Waals surface area contributed by atoms with Crippen LogP contribution in [0.3, 0.4) is 0 Å². The van der Waals surface area contributed by atoms with Crippen LogP contribution in [0.4, 0.5) is 10.5 Å². The Morgan fingerprint density at radius 1 is 1.18 bits per heavy atom. The average Bonchev–Trinajstić information content (AvgIpc) is 3.13. The SMILES string of the molecule is C=CCOC(=O)C1(c2ccccc2N(CC=C)C(=O)OC(C)(C)C)OCCO1. The molecule has 0 atom stereocenters. The number of hydrogen-bond acceptors (Lipinski definition) is 6. The van der Waals surface area contributed by atoms with Crippen molar-refractivity contribution >= 4 is 17.7 Å². The molecule has 1 aliphatic rings. The summed E-state index contributed by atoms with van der Waals surface area (Å²) in [7, 11) is 0. The quantitative estimate of drug-likeness (QED) is 0.525. The maximum Gasteiger partial charge on any atom is 0.415 e. The van der Waals surface area contributed by atoms with Gasteiger partial charge < -0.3 is 18.9 Å². The number of rotatable bonds is 7. The molecule has 152 valence electrons. The van der Waals surface area contributed by atoms with Crippen LogP contribution in [-0.4, -0.2) is 44.0 Å². The van der Waals surface area contributed by atoms with E-state index in [1.54, 1.807) is 51.1 Å². The topological polar surface area (TPSA) is 74.3 Å². The minimum absolute atomic E-state index is 0.0118. The third-order valence-electron chi connectivity index (χ3n) is 3.77. The highest BCUT2D eigenvalue weighted by molar-refractivity contribution is 5.92. The monoisotopic (exact) mass is 389 g/mol. The molecule has 7 nitrogen and oxygen atoms in total. The van der Waals surface area contributed by atoms with Gasteiger partial charge in [0.15, 0.2) is 0 Å². The fourth-order valence-corrected chi connectivity index (χ4v) is 2.73. The van der Waals surface area contributed by atoms with Crippen LogP contribution in [0, 0.1) is 0 Å². The van der Waals surface area contributed by atoms with Crippen molar-refractivity contribution in [2.24, 2.45) is 0 Å². The Morgan fingerprint density at radius 3 is 2.39 bits per heavy atom. The molecule has 1 aromatic rings. The van der Waals surface area contributed by atoms with Gasteiger partial charge >= 0.3 is 12.1 Å². The van der Waals surface area contributed by atoms with Gasteiger partial charge in [0, 0.05) is 12.1 Å². The van der Waals surface area contributed by atoms with Gasteiger partial charge in [-0.25, -0.2) is 9.59 Å². The van der Waals surface area contributed by atoms with Crippen LogP contribution in [0.1, 0.15) is 26.3 Å². The van der Waals surface area contributed by atoms with Crippen LogP contribution in [0.15, 0.2) is 49.6 Å². The van der Waals surface area contributed by atoms with Gasteiger partial charge in [-0.1, -0.05) is 36.9 Å². The summed E-state index contributed by atoms with van der Waals surface area (Å²) >= 11 is 0. The van der Waals surface area contributed by atoms with Crippen LogP contribution < -0.4 is 4.90 Å². The molecule has 28 heavy (non-hydrogen) atoms. The molecule has 0 aromatic heterocycles. The normalized spacial score (nSPS) is 15.5. The van der Waals surface area contributed by atoms with Crippen molar-refractivity contribution in [1.82, 2.24) is 0 Å². The van der Waals surface area contributed by atoms with Gasteiger partial charge in [0.2, 0.25) is 0 Å². The first-order valence-corrected chi connectivity index (χ1v) is 9.02. The molecule has 0 N–H and O–H groups in total. The van der Waals surface area contributed by atoms with E-state index in [1.807, 2.05) is 0 Å². The Morgan fingerprint density at radius 2 is 1.82 bits per heavy atom. The van der Waals surface area contributed by atoms with Crippen LogP contribution in [0.5, 0.6) is 0 Å². The van der Waals surface area contributed by atoms with E-state index in [1.165, 1.54) is 11.0 Å². The lowest BCUT2D eigenvalue weighted by atomic mass is 10.0. The second kappa shape index (κ2) is 9.03. The fraction of sp³-hybridized carbons (Fsp3) is 0.429. The van der Waals surface area contributed by atoms with E-state index in [4.69, 9.17) is 18.9 Å². The summed E-state index contributed by atoms with van der Waals surface area (Å²) in [6, 6.07) is 6.83. The lowest BCUT2D eigenvalue weighted by molar-refractivity contribution is -0.210. The van der Waals surface area contributed by atoms with E-state index in [2.05, 4.69) is 13.2 Å². The van der Waals surface area contributed by atoms with Gasteiger partial charge in [-0.15, -0.1) is 6.58 Å². The summed E-state index contributed by atoms with van der Waals surface area (Å²) in [5, 5.41) is 0. The number of para-hydroxylation sites is 1. The van der Waals surface area contributed by atoms with E-state index in [9.17, 15) is 9.59 Å². The van der Waals surface area contributed by atoms with Gasteiger partial charge in [-0.2, -0.15) is 0 Å². The van der Waals surface area contributed by atoms with Crippen molar-refractivity contribution in [1.29, 1.82) is 0 Å². The third kappa shape index (κ3) is 4.79. The maximum atomic E-state index is 12.8. The highest BCUT2D eigenvalue weighted by Gasteiger charge is 2.50. The molecular formula is C21H27NO6. The Balaban J connectivity index is 2.51. The van der Waals surface area contributed by atoms with Crippen molar-refractivity contribution in [3.05, 3.63) is 55.1 Å². The number of nitrogens with zero attached hydrogens (tertiary/aromatic N) is 1. The first kappa shape index (κ1) is 21.7. The summed E-state index contributed by atoms with van der Waals surface area (Å²) in [6.07, 6.45) is 2.45. The average molecular weight is 389 g/mol. The van der Waals surface area contributed by atoms with E-state index in [0.717, 1.165) is 0 Å². The molecule has 0 spiro atoms. The summed E-state index contributed by atoms with van der Waals surface area (Å²) in [5.74, 6) is -2.47. The molecule has 1 fully saturated rings. The Bertz CT molecular complexity index is 731. The molecule has 7 heteroatoms. The van der Waals surface area contributed by atoms with Crippen molar-refractivity contribution in [3.63, 3.8) is 0 Å². The minimum Gasteiger partial charge on any atom is -0.457 e. The van der Waals surface area contributed by atoms with E-state index in [-0.39, 0.29) is 26.4 Å². The number of esters is 1. The van der Waals surface area contributed by atoms with E-state index < -0.39 is 23.5 Å². The summed E-state index contributed by atoms with van der Waals surface area (Å²) < 4.78 is 22.1. The number of hydrogen-bond donors (Lipinski definition) is 0. The first-order valence-electron chi connectivity index (χ1n) is 9.02. The summed E-state index contributed by atoms with van der Waals surface area (Å²) in [4.78, 5) is 27.0. The number of amides is 1. The second-order valence-electron chi connectivity index (χ2n) is 7.10. The number of ether oxygens (including phenoxy) is 4. The molecular weight excluding hydrogens is 362 g/mol. The zero-order valence-electron chi connectivity index (χ0n) is 16.6. The van der Waals surface area contributed by atoms with Crippen LogP contribution in [0.25, 0.3) is 0 Å². The lowest BCUT2D eigenvalue weighted by Crippen LogP contribution is -2.42. The Hall–Kier alpha value is -2.64. The van der Waals surface area contributed by atoms with Crippen LogP contribution >= 0.6 is 0 Å². The fourth-order valence-electron chi connectivity index (χ4n) is 2.73. The summed E-state index contributed by atoms with van der Waals surface area (Å²) in [5.41, 5.74) is 0.0789. The van der Waals surface area contributed by atoms with Crippen LogP contribution in [0.2, 0.25) is 0 Å². The number of benzene rings is 1. The second-order valence-corrected chi connectivity index (χ2v) is 7.10. The van der Waals surface area contributed by atoms with Gasteiger partial charge in [-0.3, -0.25) is 4.90 Å². The third-order valence-corrected chi connectivity index (χ3v) is 3.77. The highest BCUT2D eigenvalue weighted by atomic mass is 16.8. The molecule has 1 heterocycles. The molecule has 1 aliphatic heterocycles. The molecule has 1 saturated heterocycles. The molecule has 0 bridgehead atoms. The number of carbonyl (C=O) groups excluding carboxylic acids is 2. The van der Waals surface area contributed by atoms with E-state index in [0.29, 0.717) is 11.3 Å². The lowest BCUT2D eigenvalue weighted by Gasteiger charge is -2.32. The molecule has 0 saturated carbocycles. The minimum atomic E-state index is -1.76. The Kier molecular flexibility index (Phi) is 6.99. The number of carbonyl (C=O) groups is 2. The van der Waals surface area contributed by atoms with Crippen molar-refractivity contribution < 1.29 is 28.5 Å². The smallest absolute Gasteiger partial charge is 0.415 e. The van der Waals surface area contributed by atoms with Gasteiger partial charge in [0.05, 0.1) is 18.9 Å². The zero-order chi connectivity index (χ0) is 20.8. The standard InChI is InChI=1S/C21H27NO6/c1-6-12-22(19(24)28-20(3,4)5)17-11-9-8-10-16(17)21(26-14-15-27-21)18(23)25-13-7-2/h6-11H,1-2,12-15H2,3-5H3. The predicted molar refractivity (Wildman–Crippen MR) is 105 cm³/mol. The molecule has 1 amide bonds. The van der Waals surface area contributed by atoms with E-state index >= 15 is 0 Å². The molecule has 0 aliphatic carbocycles. The Labute approximate surface area is 165 Å². The number of anilines is 1. The van der Waals surface area contributed by atoms with Crippen LogP contribution in [-0.2, 0) is 29.5 Å². The van der Waals surface area contributed by atoms with Crippen molar-refractivity contribution in [2.75, 3.05) is 31.3 Å². The first-order chi connectivity index (χ1) is 13.2. The van der Waals surface area contributed by atoms with Gasteiger partial charge in [-0.05, 0) is 26.8 Å². The van der Waals surface area contributed by atoms with Gasteiger partial charge in [0.1, 0.15) is 12.2 Å². The molecule has 0 unspecified atom stereocenters. The summed E-state index contributed by atoms with van der Waals surface area (Å²) in [6.45, 7) is 13.2. The van der Waals surface area contributed by atoms with Crippen molar-refractivity contribution in [3.8, 4) is 0 Å².